The summed E-state index contributed by atoms with van der Waals surface area (Å²) in [6.07, 6.45) is 2.98. The van der Waals surface area contributed by atoms with Gasteiger partial charge in [0.2, 0.25) is 11.7 Å². The minimum Gasteiger partial charge on any atom is -0.458 e. The first-order valence-electron chi connectivity index (χ1n) is 13.8. The number of hydrogen-bond donors (Lipinski definition) is 3. The second-order valence-corrected chi connectivity index (χ2v) is 11.7. The van der Waals surface area contributed by atoms with E-state index in [1.807, 2.05) is 40.7 Å². The Morgan fingerprint density at radius 3 is 2.27 bits per heavy atom. The molecule has 1 atom stereocenters. The highest BCUT2D eigenvalue weighted by Crippen LogP contribution is 2.26. The third-order valence-electron chi connectivity index (χ3n) is 5.96. The third kappa shape index (κ3) is 9.28. The van der Waals surface area contributed by atoms with Crippen LogP contribution in [0.25, 0.3) is 22.7 Å². The maximum absolute atomic E-state index is 13.0. The molecular formula is C30H41N5O6. The largest absolute Gasteiger partial charge is 0.458 e. The van der Waals surface area contributed by atoms with Gasteiger partial charge in [0, 0.05) is 17.2 Å². The van der Waals surface area contributed by atoms with Crippen LogP contribution in [-0.4, -0.2) is 62.9 Å². The van der Waals surface area contributed by atoms with E-state index in [9.17, 15) is 14.4 Å². The van der Waals surface area contributed by atoms with Crippen LogP contribution in [0.2, 0.25) is 0 Å². The van der Waals surface area contributed by atoms with Crippen LogP contribution in [0.5, 0.6) is 0 Å². The normalized spacial score (nSPS) is 12.7. The SMILES string of the molecule is CCC(CC)NC(=O)c1cc(-c2cccc(-c3ncc(C(=O)NC(COC(C)(C)C)C(=O)OC(C)(C)C)o3)c2)n[nH]1. The second kappa shape index (κ2) is 13.1. The van der Waals surface area contributed by atoms with Crippen molar-refractivity contribution in [1.29, 1.82) is 0 Å². The molecule has 3 aromatic rings. The zero-order valence-electron chi connectivity index (χ0n) is 25.1. The fourth-order valence-corrected chi connectivity index (χ4v) is 3.77. The fourth-order valence-electron chi connectivity index (χ4n) is 3.77. The van der Waals surface area contributed by atoms with Crippen molar-refractivity contribution in [3.8, 4) is 22.7 Å². The zero-order valence-corrected chi connectivity index (χ0v) is 25.1. The van der Waals surface area contributed by atoms with Crippen LogP contribution in [0.1, 0.15) is 89.3 Å². The molecule has 0 saturated carbocycles. The highest BCUT2D eigenvalue weighted by molar-refractivity contribution is 5.95. The first-order valence-corrected chi connectivity index (χ1v) is 13.8. The highest BCUT2D eigenvalue weighted by Gasteiger charge is 2.30. The van der Waals surface area contributed by atoms with Gasteiger partial charge in [-0.05, 0) is 72.6 Å². The minimum atomic E-state index is -1.05. The molecule has 0 spiro atoms. The van der Waals surface area contributed by atoms with E-state index in [1.54, 1.807) is 45.0 Å². The number of oxazole rings is 1. The van der Waals surface area contributed by atoms with E-state index in [-0.39, 0.29) is 30.2 Å². The molecule has 11 nitrogen and oxygen atoms in total. The van der Waals surface area contributed by atoms with E-state index >= 15 is 0 Å². The summed E-state index contributed by atoms with van der Waals surface area (Å²) < 4.78 is 17.0. The maximum Gasteiger partial charge on any atom is 0.331 e. The number of aromatic amines is 1. The summed E-state index contributed by atoms with van der Waals surface area (Å²) in [5.41, 5.74) is 1.01. The molecule has 0 saturated heterocycles. The highest BCUT2D eigenvalue weighted by atomic mass is 16.6. The summed E-state index contributed by atoms with van der Waals surface area (Å²) in [6, 6.07) is 7.96. The lowest BCUT2D eigenvalue weighted by molar-refractivity contribution is -0.160. The van der Waals surface area contributed by atoms with Crippen molar-refractivity contribution >= 4 is 17.8 Å². The van der Waals surface area contributed by atoms with E-state index in [4.69, 9.17) is 13.9 Å². The van der Waals surface area contributed by atoms with Gasteiger partial charge < -0.3 is 24.5 Å². The Kier molecular flexibility index (Phi) is 10.1. The van der Waals surface area contributed by atoms with Crippen molar-refractivity contribution in [2.45, 2.75) is 91.5 Å². The van der Waals surface area contributed by atoms with E-state index in [2.05, 4.69) is 25.8 Å². The lowest BCUT2D eigenvalue weighted by Crippen LogP contribution is -2.48. The number of rotatable bonds is 11. The Balaban J connectivity index is 1.75. The Hall–Kier alpha value is -3.99. The van der Waals surface area contributed by atoms with Gasteiger partial charge in [-0.15, -0.1) is 0 Å². The minimum absolute atomic E-state index is 0.0742. The molecule has 0 aliphatic rings. The van der Waals surface area contributed by atoms with Crippen LogP contribution >= 0.6 is 0 Å². The molecule has 1 unspecified atom stereocenters. The van der Waals surface area contributed by atoms with E-state index in [0.717, 1.165) is 18.4 Å². The molecule has 222 valence electrons. The molecule has 0 radical (unpaired) electrons. The smallest absolute Gasteiger partial charge is 0.331 e. The summed E-state index contributed by atoms with van der Waals surface area (Å²) in [7, 11) is 0. The van der Waals surface area contributed by atoms with E-state index in [0.29, 0.717) is 17.0 Å². The van der Waals surface area contributed by atoms with Crippen LogP contribution in [-0.2, 0) is 14.3 Å². The molecule has 3 rings (SSSR count). The van der Waals surface area contributed by atoms with Gasteiger partial charge in [0.05, 0.1) is 24.1 Å². The van der Waals surface area contributed by atoms with Gasteiger partial charge >= 0.3 is 5.97 Å². The molecule has 1 aromatic carbocycles. The average Bonchev–Trinajstić information content (AvgIpc) is 3.59. The second-order valence-electron chi connectivity index (χ2n) is 11.7. The third-order valence-corrected chi connectivity index (χ3v) is 5.96. The summed E-state index contributed by atoms with van der Waals surface area (Å²) >= 11 is 0. The Bertz CT molecular complexity index is 1340. The predicted molar refractivity (Wildman–Crippen MR) is 154 cm³/mol. The number of nitrogens with one attached hydrogen (secondary N) is 3. The number of esters is 1. The molecular weight excluding hydrogens is 526 g/mol. The van der Waals surface area contributed by atoms with Gasteiger partial charge in [-0.1, -0.05) is 26.0 Å². The first-order chi connectivity index (χ1) is 19.2. The van der Waals surface area contributed by atoms with Gasteiger partial charge in [0.25, 0.3) is 11.8 Å². The van der Waals surface area contributed by atoms with Gasteiger partial charge in [0.1, 0.15) is 11.3 Å². The van der Waals surface area contributed by atoms with Gasteiger partial charge in [-0.25, -0.2) is 9.78 Å². The quantitative estimate of drug-likeness (QED) is 0.277. The molecule has 2 amide bonds. The van der Waals surface area contributed by atoms with Crippen LogP contribution in [0, 0.1) is 0 Å². The van der Waals surface area contributed by atoms with Crippen molar-refractivity contribution < 1.29 is 28.3 Å². The van der Waals surface area contributed by atoms with Crippen molar-refractivity contribution in [3.63, 3.8) is 0 Å². The van der Waals surface area contributed by atoms with Crippen LogP contribution in [0.4, 0.5) is 0 Å². The summed E-state index contributed by atoms with van der Waals surface area (Å²) in [5, 5.41) is 12.7. The molecule has 11 heteroatoms. The number of ether oxygens (including phenoxy) is 2. The number of carbonyl (C=O) groups is 3. The molecule has 0 aliphatic carbocycles. The predicted octanol–water partition coefficient (Wildman–Crippen LogP) is 4.91. The number of benzene rings is 1. The number of H-pyrrole nitrogens is 1. The Labute approximate surface area is 240 Å². The van der Waals surface area contributed by atoms with Crippen molar-refractivity contribution in [2.24, 2.45) is 0 Å². The van der Waals surface area contributed by atoms with Crippen LogP contribution in [0.15, 0.2) is 40.9 Å². The van der Waals surface area contributed by atoms with Crippen molar-refractivity contribution in [1.82, 2.24) is 25.8 Å². The summed E-state index contributed by atoms with van der Waals surface area (Å²) in [4.78, 5) is 42.6. The standard InChI is InChI=1S/C30H41N5O6/c1-9-20(10-2)32-25(36)22-15-21(34-35-22)18-12-11-13-19(14-18)27-31-16-24(40-27)26(37)33-23(17-39-29(3,4)5)28(38)41-30(6,7)8/h11-16,20,23H,9-10,17H2,1-8H3,(H,32,36)(H,33,37)(H,34,35). The molecule has 0 aliphatic heterocycles. The van der Waals surface area contributed by atoms with Gasteiger partial charge in [-0.3, -0.25) is 14.7 Å². The Morgan fingerprint density at radius 2 is 1.63 bits per heavy atom. The number of hydrogen-bond acceptors (Lipinski definition) is 8. The van der Waals surface area contributed by atoms with Crippen LogP contribution < -0.4 is 10.6 Å². The molecule has 3 N–H and O–H groups in total. The number of nitrogens with zero attached hydrogens (tertiary/aromatic N) is 2. The van der Waals surface area contributed by atoms with E-state index in [1.165, 1.54) is 6.20 Å². The molecule has 2 heterocycles. The summed E-state index contributed by atoms with van der Waals surface area (Å²) in [6.45, 7) is 14.8. The lowest BCUT2D eigenvalue weighted by Gasteiger charge is -2.27. The van der Waals surface area contributed by atoms with E-state index < -0.39 is 29.1 Å². The Morgan fingerprint density at radius 1 is 0.951 bits per heavy atom. The zero-order chi connectivity index (χ0) is 30.4. The van der Waals surface area contributed by atoms with Gasteiger partial charge in [-0.2, -0.15) is 5.10 Å². The first kappa shape index (κ1) is 31.5. The summed E-state index contributed by atoms with van der Waals surface area (Å²) in [5.74, 6) is -1.33. The number of amides is 2. The number of aromatic nitrogens is 3. The maximum atomic E-state index is 13.0. The molecule has 41 heavy (non-hydrogen) atoms. The topological polar surface area (TPSA) is 148 Å². The average molecular weight is 568 g/mol. The van der Waals surface area contributed by atoms with Gasteiger partial charge in [0.15, 0.2) is 6.04 Å². The fraction of sp³-hybridized carbons (Fsp3) is 0.500. The molecule has 0 fully saturated rings. The lowest BCUT2D eigenvalue weighted by atomic mass is 10.1. The monoisotopic (exact) mass is 567 g/mol. The van der Waals surface area contributed by atoms with Crippen molar-refractivity contribution in [2.75, 3.05) is 6.61 Å². The van der Waals surface area contributed by atoms with Crippen molar-refractivity contribution in [3.05, 3.63) is 48.0 Å². The molecule has 0 bridgehead atoms. The number of carbonyl (C=O) groups excluding carboxylic acids is 3. The molecule has 2 aromatic heterocycles. The van der Waals surface area contributed by atoms with Crippen LogP contribution in [0.3, 0.4) is 0 Å².